The van der Waals surface area contributed by atoms with Crippen LogP contribution in [0.15, 0.2) is 30.3 Å². The third-order valence-corrected chi connectivity index (χ3v) is 5.17. The fourth-order valence-electron chi connectivity index (χ4n) is 3.19. The van der Waals surface area contributed by atoms with Gasteiger partial charge in [0.15, 0.2) is 5.82 Å². The molecule has 1 aliphatic heterocycles. The molecule has 0 amide bonds. The number of rotatable bonds is 3. The van der Waals surface area contributed by atoms with Gasteiger partial charge >= 0.3 is 0 Å². The van der Waals surface area contributed by atoms with E-state index in [0.29, 0.717) is 27.2 Å². The molecule has 0 radical (unpaired) electrons. The first-order valence-electron chi connectivity index (χ1n) is 8.03. The molecule has 0 saturated carbocycles. The van der Waals surface area contributed by atoms with Gasteiger partial charge in [0.1, 0.15) is 5.75 Å². The molecule has 2 unspecified atom stereocenters. The van der Waals surface area contributed by atoms with Gasteiger partial charge in [-0.25, -0.2) is 0 Å². The molecule has 2 aromatic rings. The Bertz CT molecular complexity index is 724. The molecule has 0 spiro atoms. The minimum atomic E-state index is 0.194. The van der Waals surface area contributed by atoms with Crippen molar-refractivity contribution in [3.63, 3.8) is 0 Å². The van der Waals surface area contributed by atoms with Crippen LogP contribution < -0.4 is 10.6 Å². The fraction of sp³-hybridized carbons (Fsp3) is 0.412. The summed E-state index contributed by atoms with van der Waals surface area (Å²) in [7, 11) is 0. The van der Waals surface area contributed by atoms with Crippen LogP contribution >= 0.6 is 22.6 Å². The van der Waals surface area contributed by atoms with Crippen LogP contribution in [0.25, 0.3) is 11.3 Å². The highest BCUT2D eigenvalue weighted by atomic mass is 127. The molecule has 1 aliphatic rings. The van der Waals surface area contributed by atoms with Gasteiger partial charge in [0.2, 0.25) is 0 Å². The van der Waals surface area contributed by atoms with Gasteiger partial charge in [-0.3, -0.25) is 4.90 Å². The van der Waals surface area contributed by atoms with Crippen molar-refractivity contribution in [3.05, 3.63) is 30.3 Å². The number of anilines is 2. The maximum absolute atomic E-state index is 10.1. The molecule has 24 heavy (non-hydrogen) atoms. The Labute approximate surface area is 155 Å². The van der Waals surface area contributed by atoms with Crippen LogP contribution in [0.1, 0.15) is 13.8 Å². The first kappa shape index (κ1) is 17.2. The lowest BCUT2D eigenvalue weighted by atomic mass is 10.1. The number of nitrogen functional groups attached to an aromatic ring is 1. The number of hydrogen-bond acceptors (Lipinski definition) is 6. The van der Waals surface area contributed by atoms with Crippen LogP contribution in [0, 0.1) is 0 Å². The van der Waals surface area contributed by atoms with Crippen molar-refractivity contribution in [1.29, 1.82) is 0 Å². The minimum absolute atomic E-state index is 0.194. The lowest BCUT2D eigenvalue weighted by Crippen LogP contribution is -2.53. The number of nitrogens with two attached hydrogens (primary N) is 1. The van der Waals surface area contributed by atoms with Gasteiger partial charge in [0.25, 0.3) is 0 Å². The van der Waals surface area contributed by atoms with E-state index in [1.807, 2.05) is 18.2 Å². The second-order valence-corrected chi connectivity index (χ2v) is 7.93. The molecular formula is C17H22IN5O. The van der Waals surface area contributed by atoms with E-state index in [-0.39, 0.29) is 5.75 Å². The summed E-state index contributed by atoms with van der Waals surface area (Å²) < 4.78 is 0.504. The number of phenols is 1. The van der Waals surface area contributed by atoms with Gasteiger partial charge in [-0.1, -0.05) is 34.7 Å². The second-order valence-electron chi connectivity index (χ2n) is 6.12. The third kappa shape index (κ3) is 3.41. The van der Waals surface area contributed by atoms with Crippen LogP contribution in [0.3, 0.4) is 0 Å². The number of alkyl halides is 1. The molecular weight excluding hydrogens is 417 g/mol. The topological polar surface area (TPSA) is 78.5 Å². The molecule has 3 rings (SSSR count). The van der Waals surface area contributed by atoms with E-state index in [1.54, 1.807) is 12.1 Å². The first-order valence-corrected chi connectivity index (χ1v) is 9.28. The Kier molecular flexibility index (Phi) is 5.09. The van der Waals surface area contributed by atoms with Crippen molar-refractivity contribution >= 4 is 34.1 Å². The van der Waals surface area contributed by atoms with E-state index < -0.39 is 0 Å². The molecule has 6 nitrogen and oxygen atoms in total. The Balaban J connectivity index is 1.89. The van der Waals surface area contributed by atoms with Gasteiger partial charge in [-0.05, 0) is 32.0 Å². The molecule has 1 saturated heterocycles. The second kappa shape index (κ2) is 7.10. The molecule has 1 aromatic heterocycles. The summed E-state index contributed by atoms with van der Waals surface area (Å²) in [5.41, 5.74) is 8.27. The molecule has 7 heteroatoms. The SMILES string of the molecule is CC(I)N1CCN(c2cc(-c3ccccc3O)nnc2N)CC1C. The third-order valence-electron chi connectivity index (χ3n) is 4.46. The summed E-state index contributed by atoms with van der Waals surface area (Å²) in [4.78, 5) is 4.74. The first-order chi connectivity index (χ1) is 11.5. The Morgan fingerprint density at radius 2 is 2.04 bits per heavy atom. The number of halogens is 1. The number of aromatic nitrogens is 2. The maximum atomic E-state index is 10.1. The lowest BCUT2D eigenvalue weighted by molar-refractivity contribution is 0.190. The Morgan fingerprint density at radius 1 is 1.29 bits per heavy atom. The van der Waals surface area contributed by atoms with E-state index in [1.165, 1.54) is 0 Å². The number of piperazine rings is 1. The van der Waals surface area contributed by atoms with E-state index in [0.717, 1.165) is 25.3 Å². The summed E-state index contributed by atoms with van der Waals surface area (Å²) in [5, 5.41) is 18.3. The summed E-state index contributed by atoms with van der Waals surface area (Å²) >= 11 is 2.45. The predicted molar refractivity (Wildman–Crippen MR) is 105 cm³/mol. The number of phenolic OH excluding ortho intramolecular Hbond substituents is 1. The van der Waals surface area contributed by atoms with Crippen LogP contribution in [0.5, 0.6) is 5.75 Å². The summed E-state index contributed by atoms with van der Waals surface area (Å²) in [6.07, 6.45) is 0. The smallest absolute Gasteiger partial charge is 0.169 e. The largest absolute Gasteiger partial charge is 0.507 e. The maximum Gasteiger partial charge on any atom is 0.169 e. The highest BCUT2D eigenvalue weighted by Crippen LogP contribution is 2.32. The van der Waals surface area contributed by atoms with Gasteiger partial charge in [0, 0.05) is 31.2 Å². The highest BCUT2D eigenvalue weighted by Gasteiger charge is 2.27. The van der Waals surface area contributed by atoms with E-state index >= 15 is 0 Å². The van der Waals surface area contributed by atoms with Crippen molar-refractivity contribution < 1.29 is 5.11 Å². The molecule has 128 valence electrons. The predicted octanol–water partition coefficient (Wildman–Crippen LogP) is 2.72. The van der Waals surface area contributed by atoms with Crippen LogP contribution in [0.2, 0.25) is 0 Å². The van der Waals surface area contributed by atoms with E-state index in [9.17, 15) is 5.11 Å². The van der Waals surface area contributed by atoms with Crippen molar-refractivity contribution in [2.45, 2.75) is 23.9 Å². The summed E-state index contributed by atoms with van der Waals surface area (Å²) in [6, 6.07) is 9.50. The van der Waals surface area contributed by atoms with Crippen molar-refractivity contribution in [3.8, 4) is 17.0 Å². The van der Waals surface area contributed by atoms with Gasteiger partial charge in [-0.2, -0.15) is 0 Å². The summed E-state index contributed by atoms with van der Waals surface area (Å²) in [6.45, 7) is 7.22. The molecule has 1 aromatic carbocycles. The van der Waals surface area contributed by atoms with Crippen molar-refractivity contribution in [1.82, 2.24) is 15.1 Å². The summed E-state index contributed by atoms with van der Waals surface area (Å²) in [5.74, 6) is 0.622. The van der Waals surface area contributed by atoms with E-state index in [4.69, 9.17) is 5.73 Å². The molecule has 2 atom stereocenters. The molecule has 3 N–H and O–H groups in total. The molecule has 0 bridgehead atoms. The van der Waals surface area contributed by atoms with Gasteiger partial charge < -0.3 is 15.7 Å². The van der Waals surface area contributed by atoms with Crippen LogP contribution in [0.4, 0.5) is 11.5 Å². The molecule has 0 aliphatic carbocycles. The number of para-hydroxylation sites is 1. The number of aromatic hydroxyl groups is 1. The normalized spacial score (nSPS) is 20.1. The average molecular weight is 439 g/mol. The van der Waals surface area contributed by atoms with Gasteiger partial charge in [0.05, 0.1) is 15.4 Å². The number of nitrogens with zero attached hydrogens (tertiary/aromatic N) is 4. The standard InChI is InChI=1S/C17H22IN5O/c1-11-10-22(7-8-23(11)12(2)18)15-9-14(20-21-17(15)19)13-5-3-4-6-16(13)24/h3-6,9,11-12,24H,7-8,10H2,1-2H3,(H2,19,21). The zero-order valence-electron chi connectivity index (χ0n) is 13.9. The zero-order valence-corrected chi connectivity index (χ0v) is 16.0. The Morgan fingerprint density at radius 3 is 2.71 bits per heavy atom. The van der Waals surface area contributed by atoms with Crippen molar-refractivity contribution in [2.75, 3.05) is 30.3 Å². The molecule has 2 heterocycles. The monoisotopic (exact) mass is 439 g/mol. The Hall–Kier alpha value is -1.61. The van der Waals surface area contributed by atoms with Crippen LogP contribution in [-0.2, 0) is 0 Å². The fourth-order valence-corrected chi connectivity index (χ4v) is 4.01. The van der Waals surface area contributed by atoms with Crippen molar-refractivity contribution in [2.24, 2.45) is 0 Å². The number of hydrogen-bond donors (Lipinski definition) is 2. The average Bonchev–Trinajstić information content (AvgIpc) is 2.55. The lowest BCUT2D eigenvalue weighted by Gasteiger charge is -2.42. The van der Waals surface area contributed by atoms with Crippen LogP contribution in [-0.4, -0.2) is 49.9 Å². The minimum Gasteiger partial charge on any atom is -0.507 e. The van der Waals surface area contributed by atoms with Gasteiger partial charge in [-0.15, -0.1) is 10.2 Å². The number of benzene rings is 1. The molecule has 1 fully saturated rings. The zero-order chi connectivity index (χ0) is 17.3. The highest BCUT2D eigenvalue weighted by molar-refractivity contribution is 14.1. The quantitative estimate of drug-likeness (QED) is 0.435. The van der Waals surface area contributed by atoms with E-state index in [2.05, 4.69) is 56.4 Å².